The lowest BCUT2D eigenvalue weighted by molar-refractivity contribution is 0.156. The normalized spacial score (nSPS) is 20.6. The highest BCUT2D eigenvalue weighted by atomic mass is 79.9. The van der Waals surface area contributed by atoms with Gasteiger partial charge in [0, 0.05) is 23.7 Å². The molecule has 1 aromatic carbocycles. The highest BCUT2D eigenvalue weighted by Crippen LogP contribution is 2.24. The molecule has 0 amide bonds. The lowest BCUT2D eigenvalue weighted by Gasteiger charge is -2.23. The molecule has 1 heterocycles. The highest BCUT2D eigenvalue weighted by molar-refractivity contribution is 9.10. The Balaban J connectivity index is 2.04. The van der Waals surface area contributed by atoms with Crippen molar-refractivity contribution in [2.45, 2.75) is 19.0 Å². The molecule has 0 bridgehead atoms. The summed E-state index contributed by atoms with van der Waals surface area (Å²) in [6, 6.07) is 5.86. The van der Waals surface area contributed by atoms with E-state index in [4.69, 9.17) is 4.74 Å². The average Bonchev–Trinajstić information content (AvgIpc) is 2.76. The fraction of sp³-hybridized carbons (Fsp3) is 0.500. The molecule has 1 fully saturated rings. The number of nitrogens with zero attached hydrogens (tertiary/aromatic N) is 1. The van der Waals surface area contributed by atoms with Crippen LogP contribution in [-0.2, 0) is 11.3 Å². The molecule has 0 saturated carbocycles. The van der Waals surface area contributed by atoms with Crippen LogP contribution in [0.4, 0.5) is 0 Å². The van der Waals surface area contributed by atoms with Crippen LogP contribution in [-0.4, -0.2) is 36.3 Å². The van der Waals surface area contributed by atoms with Gasteiger partial charge < -0.3 is 9.84 Å². The van der Waals surface area contributed by atoms with E-state index in [2.05, 4.69) is 27.9 Å². The minimum Gasteiger partial charge on any atom is -0.508 e. The van der Waals surface area contributed by atoms with E-state index in [-0.39, 0.29) is 0 Å². The van der Waals surface area contributed by atoms with Gasteiger partial charge in [-0.15, -0.1) is 0 Å². The summed E-state index contributed by atoms with van der Waals surface area (Å²) in [5.74, 6) is 0.314. The van der Waals surface area contributed by atoms with E-state index in [1.165, 1.54) is 0 Å². The molecular weight excluding hydrogens is 270 g/mol. The third-order valence-electron chi connectivity index (χ3n) is 2.98. The zero-order chi connectivity index (χ0) is 11.5. The van der Waals surface area contributed by atoms with Gasteiger partial charge in [-0.3, -0.25) is 4.90 Å². The second-order valence-electron chi connectivity index (χ2n) is 4.21. The first kappa shape index (κ1) is 11.9. The van der Waals surface area contributed by atoms with Crippen LogP contribution in [0.3, 0.4) is 0 Å². The fourth-order valence-corrected chi connectivity index (χ4v) is 2.32. The molecule has 1 saturated heterocycles. The minimum absolute atomic E-state index is 0.314. The molecule has 1 aromatic rings. The third-order valence-corrected chi connectivity index (χ3v) is 3.75. The maximum Gasteiger partial charge on any atom is 0.115 e. The number of aromatic hydroxyl groups is 1. The van der Waals surface area contributed by atoms with Crippen molar-refractivity contribution in [2.24, 2.45) is 0 Å². The van der Waals surface area contributed by atoms with Gasteiger partial charge in [-0.2, -0.15) is 0 Å². The molecule has 2 rings (SSSR count). The first-order chi connectivity index (χ1) is 7.66. The van der Waals surface area contributed by atoms with Gasteiger partial charge in [-0.05, 0) is 37.2 Å². The SMILES string of the molecule is CN(Cc1cc(O)ccc1Br)C1CCOC1. The number of ether oxygens (including phenoxy) is 1. The molecule has 1 atom stereocenters. The molecular formula is C12H16BrNO2. The quantitative estimate of drug-likeness (QED) is 0.926. The predicted octanol–water partition coefficient (Wildman–Crippen LogP) is 2.38. The monoisotopic (exact) mass is 285 g/mol. The Morgan fingerprint density at radius 2 is 2.38 bits per heavy atom. The molecule has 1 N–H and O–H groups in total. The number of likely N-dealkylation sites (N-methyl/N-ethyl adjacent to an activating group) is 1. The van der Waals surface area contributed by atoms with E-state index in [0.29, 0.717) is 11.8 Å². The molecule has 0 spiro atoms. The second-order valence-corrected chi connectivity index (χ2v) is 5.06. The average molecular weight is 286 g/mol. The molecule has 1 aliphatic rings. The van der Waals surface area contributed by atoms with Gasteiger partial charge in [0.25, 0.3) is 0 Å². The number of benzene rings is 1. The Morgan fingerprint density at radius 1 is 1.56 bits per heavy atom. The van der Waals surface area contributed by atoms with Crippen molar-refractivity contribution in [1.29, 1.82) is 0 Å². The van der Waals surface area contributed by atoms with E-state index in [0.717, 1.165) is 36.2 Å². The summed E-state index contributed by atoms with van der Waals surface area (Å²) in [5, 5.41) is 9.45. The topological polar surface area (TPSA) is 32.7 Å². The smallest absolute Gasteiger partial charge is 0.115 e. The number of rotatable bonds is 3. The zero-order valence-corrected chi connectivity index (χ0v) is 10.9. The number of hydrogen-bond donors (Lipinski definition) is 1. The van der Waals surface area contributed by atoms with Crippen molar-refractivity contribution in [2.75, 3.05) is 20.3 Å². The number of phenols is 1. The summed E-state index contributed by atoms with van der Waals surface area (Å²) < 4.78 is 6.41. The van der Waals surface area contributed by atoms with Crippen molar-refractivity contribution in [3.63, 3.8) is 0 Å². The Bertz CT molecular complexity index is 364. The van der Waals surface area contributed by atoms with Gasteiger partial charge in [0.1, 0.15) is 5.75 Å². The van der Waals surface area contributed by atoms with E-state index < -0.39 is 0 Å². The van der Waals surface area contributed by atoms with Crippen LogP contribution < -0.4 is 0 Å². The summed E-state index contributed by atoms with van der Waals surface area (Å²) in [6.45, 7) is 2.49. The van der Waals surface area contributed by atoms with Crippen molar-refractivity contribution in [1.82, 2.24) is 4.90 Å². The summed E-state index contributed by atoms with van der Waals surface area (Å²) in [4.78, 5) is 2.27. The summed E-state index contributed by atoms with van der Waals surface area (Å²) in [5.41, 5.74) is 1.11. The van der Waals surface area contributed by atoms with E-state index in [1.54, 1.807) is 12.1 Å². The van der Waals surface area contributed by atoms with Crippen LogP contribution in [0.1, 0.15) is 12.0 Å². The fourth-order valence-electron chi connectivity index (χ4n) is 1.95. The number of halogens is 1. The van der Waals surface area contributed by atoms with E-state index >= 15 is 0 Å². The molecule has 88 valence electrons. The van der Waals surface area contributed by atoms with Crippen LogP contribution in [0.2, 0.25) is 0 Å². The molecule has 3 nitrogen and oxygen atoms in total. The van der Waals surface area contributed by atoms with Crippen molar-refractivity contribution >= 4 is 15.9 Å². The Morgan fingerprint density at radius 3 is 3.06 bits per heavy atom. The van der Waals surface area contributed by atoms with Crippen LogP contribution >= 0.6 is 15.9 Å². The van der Waals surface area contributed by atoms with E-state index in [1.807, 2.05) is 6.07 Å². The van der Waals surface area contributed by atoms with Crippen molar-refractivity contribution in [3.8, 4) is 5.75 Å². The van der Waals surface area contributed by atoms with Gasteiger partial charge in [0.15, 0.2) is 0 Å². The first-order valence-electron chi connectivity index (χ1n) is 5.42. The summed E-state index contributed by atoms with van der Waals surface area (Å²) >= 11 is 3.50. The largest absolute Gasteiger partial charge is 0.508 e. The van der Waals surface area contributed by atoms with Crippen LogP contribution in [0.15, 0.2) is 22.7 Å². The van der Waals surface area contributed by atoms with E-state index in [9.17, 15) is 5.11 Å². The third kappa shape index (κ3) is 2.75. The predicted molar refractivity (Wildman–Crippen MR) is 66.5 cm³/mol. The molecule has 4 heteroatoms. The minimum atomic E-state index is 0.314. The molecule has 0 aromatic heterocycles. The lowest BCUT2D eigenvalue weighted by atomic mass is 10.1. The second kappa shape index (κ2) is 5.17. The maximum atomic E-state index is 9.45. The van der Waals surface area contributed by atoms with Gasteiger partial charge in [0.2, 0.25) is 0 Å². The van der Waals surface area contributed by atoms with Gasteiger partial charge in [-0.1, -0.05) is 15.9 Å². The Labute approximate surface area is 104 Å². The first-order valence-corrected chi connectivity index (χ1v) is 6.21. The zero-order valence-electron chi connectivity index (χ0n) is 9.32. The highest BCUT2D eigenvalue weighted by Gasteiger charge is 2.20. The lowest BCUT2D eigenvalue weighted by Crippen LogP contribution is -2.31. The number of hydrogen-bond acceptors (Lipinski definition) is 3. The van der Waals surface area contributed by atoms with Gasteiger partial charge in [-0.25, -0.2) is 0 Å². The summed E-state index contributed by atoms with van der Waals surface area (Å²) in [7, 11) is 2.09. The van der Waals surface area contributed by atoms with Gasteiger partial charge >= 0.3 is 0 Å². The Kier molecular flexibility index (Phi) is 3.84. The molecule has 0 aliphatic carbocycles. The standard InChI is InChI=1S/C12H16BrNO2/c1-14(10-4-5-16-8-10)7-9-6-11(15)2-3-12(9)13/h2-3,6,10,15H,4-5,7-8H2,1H3. The maximum absolute atomic E-state index is 9.45. The number of phenolic OH excluding ortho intramolecular Hbond substituents is 1. The Hall–Kier alpha value is -0.580. The van der Waals surface area contributed by atoms with Crippen LogP contribution in [0.25, 0.3) is 0 Å². The molecule has 1 aliphatic heterocycles. The van der Waals surface area contributed by atoms with Crippen LogP contribution in [0.5, 0.6) is 5.75 Å². The molecule has 0 radical (unpaired) electrons. The summed E-state index contributed by atoms with van der Waals surface area (Å²) in [6.07, 6.45) is 1.09. The van der Waals surface area contributed by atoms with Crippen molar-refractivity contribution in [3.05, 3.63) is 28.2 Å². The van der Waals surface area contributed by atoms with Crippen LogP contribution in [0, 0.1) is 0 Å². The van der Waals surface area contributed by atoms with Crippen molar-refractivity contribution < 1.29 is 9.84 Å². The molecule has 1 unspecified atom stereocenters. The molecule has 16 heavy (non-hydrogen) atoms. The van der Waals surface area contributed by atoms with Gasteiger partial charge in [0.05, 0.1) is 6.61 Å².